The highest BCUT2D eigenvalue weighted by Crippen LogP contribution is 2.31. The molecule has 1 fully saturated rings. The van der Waals surface area contributed by atoms with Crippen LogP contribution in [0.3, 0.4) is 0 Å². The number of benzene rings is 1. The molecule has 1 amide bonds. The molecular weight excluding hydrogens is 411 g/mol. The zero-order valence-corrected chi connectivity index (χ0v) is 16.9. The topological polar surface area (TPSA) is 63.9 Å². The number of rotatable bonds is 2. The first-order chi connectivity index (χ1) is 14.7. The molecule has 9 heteroatoms. The lowest BCUT2D eigenvalue weighted by Gasteiger charge is -2.31. The molecule has 4 rings (SSSR count). The van der Waals surface area contributed by atoms with Crippen molar-refractivity contribution in [2.24, 2.45) is 0 Å². The molecule has 3 heterocycles. The van der Waals surface area contributed by atoms with Crippen molar-refractivity contribution in [2.75, 3.05) is 19.7 Å². The average Bonchev–Trinajstić information content (AvgIpc) is 2.74. The molecule has 0 saturated carbocycles. The van der Waals surface area contributed by atoms with Crippen molar-refractivity contribution in [3.63, 3.8) is 0 Å². The lowest BCUT2D eigenvalue weighted by molar-refractivity contribution is -0.141. The number of halogens is 3. The largest absolute Gasteiger partial charge is 0.433 e. The third-order valence-corrected chi connectivity index (χ3v) is 5.32. The van der Waals surface area contributed by atoms with Gasteiger partial charge in [-0.15, -0.1) is 0 Å². The molecular formula is C22H20F3N3O3. The maximum atomic E-state index is 13.4. The van der Waals surface area contributed by atoms with Gasteiger partial charge in [0, 0.05) is 36.0 Å². The number of morpholine rings is 1. The summed E-state index contributed by atoms with van der Waals surface area (Å²) in [5, 5.41) is 0. The number of aromatic nitrogens is 2. The van der Waals surface area contributed by atoms with Crippen molar-refractivity contribution in [2.45, 2.75) is 26.1 Å². The Morgan fingerprint density at radius 2 is 1.90 bits per heavy atom. The van der Waals surface area contributed by atoms with Gasteiger partial charge in [0.2, 0.25) is 0 Å². The normalized spacial score (nSPS) is 17.2. The summed E-state index contributed by atoms with van der Waals surface area (Å²) in [6.07, 6.45) is -3.39. The Hall–Kier alpha value is -3.20. The van der Waals surface area contributed by atoms with Gasteiger partial charge in [-0.05, 0) is 43.7 Å². The smallest absolute Gasteiger partial charge is 0.375 e. The molecule has 0 bridgehead atoms. The van der Waals surface area contributed by atoms with Crippen LogP contribution in [0.5, 0.6) is 0 Å². The van der Waals surface area contributed by atoms with Crippen LogP contribution in [0.15, 0.2) is 47.4 Å². The van der Waals surface area contributed by atoms with Crippen molar-refractivity contribution in [1.29, 1.82) is 0 Å². The summed E-state index contributed by atoms with van der Waals surface area (Å²) in [5.41, 5.74) is -1.13. The van der Waals surface area contributed by atoms with Crippen molar-refractivity contribution in [3.05, 3.63) is 69.8 Å². The first-order valence-electron chi connectivity index (χ1n) is 9.77. The van der Waals surface area contributed by atoms with E-state index in [1.165, 1.54) is 6.20 Å². The van der Waals surface area contributed by atoms with Gasteiger partial charge in [0.05, 0.1) is 12.7 Å². The van der Waals surface area contributed by atoms with Crippen molar-refractivity contribution < 1.29 is 22.7 Å². The number of carbonyl (C=O) groups excluding carboxylic acids is 1. The number of hydrogen-bond donors (Lipinski definition) is 0. The standard InChI is InChI=1S/C22H20F3N3O3/c1-13-12-27(10-11-31-13)21(30)16-7-5-15(6-8-16)17-4-3-9-28-19(17)26-18(22(23,24)25)14(2)20(28)29/h3-9,13H,10-12H2,1-2H3/t13-/m0/s1. The number of carbonyl (C=O) groups is 1. The van der Waals surface area contributed by atoms with Gasteiger partial charge in [-0.1, -0.05) is 12.1 Å². The fourth-order valence-corrected chi connectivity index (χ4v) is 3.73. The predicted molar refractivity (Wildman–Crippen MR) is 108 cm³/mol. The van der Waals surface area contributed by atoms with E-state index in [1.807, 2.05) is 6.92 Å². The van der Waals surface area contributed by atoms with E-state index in [2.05, 4.69) is 4.98 Å². The van der Waals surface area contributed by atoms with E-state index >= 15 is 0 Å². The van der Waals surface area contributed by atoms with Gasteiger partial charge in [-0.3, -0.25) is 14.0 Å². The predicted octanol–water partition coefficient (Wildman–Crippen LogP) is 3.55. The number of alkyl halides is 3. The summed E-state index contributed by atoms with van der Waals surface area (Å²) in [5.74, 6) is -0.135. The molecule has 31 heavy (non-hydrogen) atoms. The third-order valence-electron chi connectivity index (χ3n) is 5.32. The first kappa shape index (κ1) is 21.0. The van der Waals surface area contributed by atoms with Gasteiger partial charge in [0.25, 0.3) is 11.5 Å². The summed E-state index contributed by atoms with van der Waals surface area (Å²) in [4.78, 5) is 30.7. The van der Waals surface area contributed by atoms with E-state index in [1.54, 1.807) is 41.3 Å². The van der Waals surface area contributed by atoms with Crippen LogP contribution in [0, 0.1) is 6.92 Å². The van der Waals surface area contributed by atoms with E-state index in [0.717, 1.165) is 11.3 Å². The van der Waals surface area contributed by atoms with Crippen LogP contribution in [0.4, 0.5) is 13.2 Å². The van der Waals surface area contributed by atoms with Gasteiger partial charge >= 0.3 is 6.18 Å². The molecule has 0 spiro atoms. The number of nitrogens with zero attached hydrogens (tertiary/aromatic N) is 3. The van der Waals surface area contributed by atoms with Crippen LogP contribution in [0.1, 0.15) is 28.5 Å². The zero-order chi connectivity index (χ0) is 22.3. The summed E-state index contributed by atoms with van der Waals surface area (Å²) in [7, 11) is 0. The van der Waals surface area contributed by atoms with E-state index in [9.17, 15) is 22.8 Å². The highest BCUT2D eigenvalue weighted by atomic mass is 19.4. The first-order valence-corrected chi connectivity index (χ1v) is 9.77. The maximum absolute atomic E-state index is 13.4. The number of amides is 1. The van der Waals surface area contributed by atoms with Crippen LogP contribution in [0.25, 0.3) is 16.8 Å². The monoisotopic (exact) mass is 431 g/mol. The summed E-state index contributed by atoms with van der Waals surface area (Å²) < 4.78 is 46.7. The fourth-order valence-electron chi connectivity index (χ4n) is 3.73. The average molecular weight is 431 g/mol. The Balaban J connectivity index is 1.75. The minimum absolute atomic E-state index is 0.0386. The van der Waals surface area contributed by atoms with E-state index in [-0.39, 0.29) is 17.7 Å². The van der Waals surface area contributed by atoms with Crippen LogP contribution >= 0.6 is 0 Å². The highest BCUT2D eigenvalue weighted by molar-refractivity contribution is 5.95. The lowest BCUT2D eigenvalue weighted by atomic mass is 10.0. The SMILES string of the molecule is Cc1c(C(F)(F)F)nc2c(-c3ccc(C(=O)N4CCO[C@@H](C)C4)cc3)cccn2c1=O. The molecule has 0 aliphatic carbocycles. The van der Waals surface area contributed by atoms with Crippen LogP contribution in [-0.2, 0) is 10.9 Å². The second kappa shape index (κ2) is 7.81. The van der Waals surface area contributed by atoms with Crippen molar-refractivity contribution in [3.8, 4) is 11.1 Å². The number of ether oxygens (including phenoxy) is 1. The molecule has 3 aromatic rings. The molecule has 1 aliphatic rings. The van der Waals surface area contributed by atoms with E-state index < -0.39 is 23.0 Å². The van der Waals surface area contributed by atoms with Gasteiger partial charge in [0.1, 0.15) is 5.65 Å². The zero-order valence-electron chi connectivity index (χ0n) is 16.9. The molecule has 6 nitrogen and oxygen atoms in total. The summed E-state index contributed by atoms with van der Waals surface area (Å²) in [6, 6.07) is 9.71. The summed E-state index contributed by atoms with van der Waals surface area (Å²) in [6.45, 7) is 4.48. The van der Waals surface area contributed by atoms with Crippen molar-refractivity contribution >= 4 is 11.6 Å². The minimum atomic E-state index is -4.74. The maximum Gasteiger partial charge on any atom is 0.433 e. The second-order valence-electron chi connectivity index (χ2n) is 7.51. The Morgan fingerprint density at radius 3 is 2.55 bits per heavy atom. The minimum Gasteiger partial charge on any atom is -0.375 e. The van der Waals surface area contributed by atoms with Crippen LogP contribution < -0.4 is 5.56 Å². The number of fused-ring (bicyclic) bond motifs is 1. The third kappa shape index (κ3) is 3.93. The van der Waals surface area contributed by atoms with Crippen molar-refractivity contribution in [1.82, 2.24) is 14.3 Å². The molecule has 2 aromatic heterocycles. The molecule has 1 saturated heterocycles. The quantitative estimate of drug-likeness (QED) is 0.623. The highest BCUT2D eigenvalue weighted by Gasteiger charge is 2.36. The number of hydrogen-bond acceptors (Lipinski definition) is 4. The summed E-state index contributed by atoms with van der Waals surface area (Å²) >= 11 is 0. The molecule has 0 N–H and O–H groups in total. The molecule has 1 atom stereocenters. The number of pyridine rings is 1. The van der Waals surface area contributed by atoms with E-state index in [0.29, 0.717) is 36.4 Å². The van der Waals surface area contributed by atoms with E-state index in [4.69, 9.17) is 4.74 Å². The van der Waals surface area contributed by atoms with Gasteiger partial charge < -0.3 is 9.64 Å². The van der Waals surface area contributed by atoms with Gasteiger partial charge in [-0.25, -0.2) is 4.98 Å². The molecule has 1 aromatic carbocycles. The Kier molecular flexibility index (Phi) is 5.30. The Labute approximate surface area is 175 Å². The van der Waals surface area contributed by atoms with Crippen LogP contribution in [0.2, 0.25) is 0 Å². The Bertz CT molecular complexity index is 1200. The fraction of sp³-hybridized carbons (Fsp3) is 0.318. The Morgan fingerprint density at radius 1 is 1.19 bits per heavy atom. The van der Waals surface area contributed by atoms with Crippen LogP contribution in [-0.4, -0.2) is 46.0 Å². The molecule has 0 radical (unpaired) electrons. The molecule has 1 aliphatic heterocycles. The van der Waals surface area contributed by atoms with Gasteiger partial charge in [-0.2, -0.15) is 13.2 Å². The van der Waals surface area contributed by atoms with Gasteiger partial charge in [0.15, 0.2) is 5.69 Å². The lowest BCUT2D eigenvalue weighted by Crippen LogP contribution is -2.44. The molecule has 162 valence electrons. The second-order valence-corrected chi connectivity index (χ2v) is 7.51. The molecule has 0 unspecified atom stereocenters.